The fourth-order valence-electron chi connectivity index (χ4n) is 5.10. The first kappa shape index (κ1) is 18.7. The molecule has 1 aromatic rings. The van der Waals surface area contributed by atoms with Crippen molar-refractivity contribution in [2.45, 2.75) is 90.9 Å². The van der Waals surface area contributed by atoms with Crippen LogP contribution in [0, 0.1) is 17.8 Å². The lowest BCUT2D eigenvalue weighted by atomic mass is 9.71. The Labute approximate surface area is 156 Å². The van der Waals surface area contributed by atoms with Crippen LogP contribution in [-0.4, -0.2) is 0 Å². The van der Waals surface area contributed by atoms with Crippen LogP contribution >= 0.6 is 0 Å². The lowest BCUT2D eigenvalue weighted by Crippen LogP contribution is -2.23. The van der Waals surface area contributed by atoms with Gasteiger partial charge in [-0.25, -0.2) is 0 Å². The first-order valence-electron chi connectivity index (χ1n) is 11.0. The van der Waals surface area contributed by atoms with E-state index in [1.807, 2.05) is 0 Å². The number of aryl methyl sites for hydroxylation is 2. The zero-order valence-electron chi connectivity index (χ0n) is 16.6. The van der Waals surface area contributed by atoms with Gasteiger partial charge in [0.05, 0.1) is 0 Å². The third-order valence-electron chi connectivity index (χ3n) is 6.98. The van der Waals surface area contributed by atoms with E-state index in [-0.39, 0.29) is 0 Å². The van der Waals surface area contributed by atoms with Crippen molar-refractivity contribution in [1.82, 2.24) is 0 Å². The van der Waals surface area contributed by atoms with Gasteiger partial charge in [-0.2, -0.15) is 0 Å². The second kappa shape index (κ2) is 9.60. The highest BCUT2D eigenvalue weighted by Gasteiger charge is 2.27. The van der Waals surface area contributed by atoms with E-state index in [1.54, 1.807) is 5.57 Å². The summed E-state index contributed by atoms with van der Waals surface area (Å²) < 4.78 is 0. The van der Waals surface area contributed by atoms with Crippen molar-refractivity contribution in [3.8, 4) is 0 Å². The summed E-state index contributed by atoms with van der Waals surface area (Å²) >= 11 is 0. The smallest absolute Gasteiger partial charge is 0.0241 e. The Balaban J connectivity index is 1.42. The molecule has 1 unspecified atom stereocenters. The van der Waals surface area contributed by atoms with Gasteiger partial charge in [0.2, 0.25) is 0 Å². The predicted octanol–water partition coefficient (Wildman–Crippen LogP) is 7.51. The van der Waals surface area contributed by atoms with Crippen LogP contribution < -0.4 is 0 Å². The van der Waals surface area contributed by atoms with E-state index in [2.05, 4.69) is 44.2 Å². The molecule has 0 nitrogen and oxygen atoms in total. The molecule has 0 bridgehead atoms. The Hall–Kier alpha value is -1.04. The van der Waals surface area contributed by atoms with Gasteiger partial charge >= 0.3 is 0 Å². The van der Waals surface area contributed by atoms with Gasteiger partial charge in [-0.15, -0.1) is 0 Å². The Kier molecular flexibility index (Phi) is 7.20. The minimum absolute atomic E-state index is 0.995. The highest BCUT2D eigenvalue weighted by molar-refractivity contribution is 5.23. The van der Waals surface area contributed by atoms with Gasteiger partial charge in [0.25, 0.3) is 0 Å². The second-order valence-corrected chi connectivity index (χ2v) is 8.65. The van der Waals surface area contributed by atoms with Crippen molar-refractivity contribution in [3.63, 3.8) is 0 Å². The number of allylic oxidation sites excluding steroid dienone is 2. The normalized spacial score (nSPS) is 27.1. The van der Waals surface area contributed by atoms with Crippen LogP contribution in [0.25, 0.3) is 0 Å². The van der Waals surface area contributed by atoms with Crippen LogP contribution in [0.2, 0.25) is 0 Å². The molecule has 1 atom stereocenters. The van der Waals surface area contributed by atoms with Crippen molar-refractivity contribution in [2.75, 3.05) is 0 Å². The Morgan fingerprint density at radius 1 is 0.760 bits per heavy atom. The maximum atomic E-state index is 2.62. The lowest BCUT2D eigenvalue weighted by molar-refractivity contribution is 0.189. The van der Waals surface area contributed by atoms with Crippen LogP contribution in [0.3, 0.4) is 0 Å². The van der Waals surface area contributed by atoms with Gasteiger partial charge in [0.1, 0.15) is 0 Å². The van der Waals surface area contributed by atoms with Crippen molar-refractivity contribution in [1.29, 1.82) is 0 Å². The van der Waals surface area contributed by atoms with E-state index in [1.165, 1.54) is 88.2 Å². The lowest BCUT2D eigenvalue weighted by Gasteiger charge is -2.35. The molecular weight excluding hydrogens is 300 g/mol. The summed E-state index contributed by atoms with van der Waals surface area (Å²) in [6.07, 6.45) is 19.2. The molecule has 3 rings (SSSR count). The summed E-state index contributed by atoms with van der Waals surface area (Å²) in [5, 5.41) is 0. The highest BCUT2D eigenvalue weighted by atomic mass is 14.3. The fraction of sp³-hybridized carbons (Fsp3) is 0.680. The van der Waals surface area contributed by atoms with Gasteiger partial charge in [0.15, 0.2) is 0 Å². The zero-order valence-corrected chi connectivity index (χ0v) is 16.6. The molecule has 0 spiro atoms. The monoisotopic (exact) mass is 338 g/mol. The van der Waals surface area contributed by atoms with Crippen LogP contribution in [-0.2, 0) is 12.8 Å². The molecular formula is C25H38. The third kappa shape index (κ3) is 5.47. The van der Waals surface area contributed by atoms with Gasteiger partial charge in [0, 0.05) is 0 Å². The molecule has 0 aromatic heterocycles. The first-order chi connectivity index (χ1) is 12.3. The topological polar surface area (TPSA) is 0 Å². The van der Waals surface area contributed by atoms with Gasteiger partial charge in [-0.3, -0.25) is 0 Å². The minimum atomic E-state index is 0.995. The molecule has 0 amide bonds. The predicted molar refractivity (Wildman–Crippen MR) is 110 cm³/mol. The Morgan fingerprint density at radius 3 is 2.00 bits per heavy atom. The van der Waals surface area contributed by atoms with Crippen molar-refractivity contribution >= 4 is 0 Å². The maximum Gasteiger partial charge on any atom is -0.0241 e. The average molecular weight is 339 g/mol. The molecule has 0 N–H and O–H groups in total. The van der Waals surface area contributed by atoms with Crippen LogP contribution in [0.1, 0.15) is 89.2 Å². The second-order valence-electron chi connectivity index (χ2n) is 8.65. The van der Waals surface area contributed by atoms with Crippen molar-refractivity contribution in [2.24, 2.45) is 17.8 Å². The number of hydrogen-bond donors (Lipinski definition) is 0. The molecule has 0 heterocycles. The average Bonchev–Trinajstić information content (AvgIpc) is 2.68. The van der Waals surface area contributed by atoms with E-state index in [9.17, 15) is 0 Å². The van der Waals surface area contributed by atoms with Crippen molar-refractivity contribution in [3.05, 3.63) is 47.0 Å². The summed E-state index contributed by atoms with van der Waals surface area (Å²) in [5.74, 6) is 3.07. The molecule has 0 saturated heterocycles. The van der Waals surface area contributed by atoms with Gasteiger partial charge in [-0.05, 0) is 80.2 Å². The van der Waals surface area contributed by atoms with Gasteiger partial charge < -0.3 is 0 Å². The van der Waals surface area contributed by atoms with E-state index in [0.29, 0.717) is 0 Å². The van der Waals surface area contributed by atoms with E-state index in [4.69, 9.17) is 0 Å². The Morgan fingerprint density at radius 2 is 1.44 bits per heavy atom. The molecule has 0 heteroatoms. The number of benzene rings is 1. The molecule has 138 valence electrons. The molecule has 1 saturated carbocycles. The highest BCUT2D eigenvalue weighted by Crippen LogP contribution is 2.40. The molecule has 2 aliphatic rings. The molecule has 2 aliphatic carbocycles. The Bertz CT molecular complexity index is 528. The zero-order chi connectivity index (χ0) is 17.5. The summed E-state index contributed by atoms with van der Waals surface area (Å²) in [7, 11) is 0. The van der Waals surface area contributed by atoms with E-state index < -0.39 is 0 Å². The summed E-state index contributed by atoms with van der Waals surface area (Å²) in [6, 6.07) is 9.36. The molecule has 0 radical (unpaired) electrons. The molecule has 0 aliphatic heterocycles. The number of rotatable bonds is 7. The van der Waals surface area contributed by atoms with E-state index >= 15 is 0 Å². The standard InChI is InChI=1S/C25H38/c1-3-5-21-6-8-22(9-7-21)10-11-23-14-18-25(19-15-23)24-16-12-20(4-2)13-17-24/h6-9,14,20,24-25H,3-5,10-13,15-19H2,1-2H3/t20-,24-,25?. The largest absolute Gasteiger partial charge is 0.0850 e. The molecule has 1 fully saturated rings. The SMILES string of the molecule is CCCc1ccc(CCC2=CCC([C@H]3CC[C@H](CC)CC3)CC2)cc1. The quantitative estimate of drug-likeness (QED) is 0.451. The summed E-state index contributed by atoms with van der Waals surface area (Å²) in [4.78, 5) is 0. The fourth-order valence-corrected chi connectivity index (χ4v) is 5.10. The summed E-state index contributed by atoms with van der Waals surface area (Å²) in [6.45, 7) is 4.63. The minimum Gasteiger partial charge on any atom is -0.0850 e. The van der Waals surface area contributed by atoms with Crippen LogP contribution in [0.5, 0.6) is 0 Å². The van der Waals surface area contributed by atoms with Crippen LogP contribution in [0.4, 0.5) is 0 Å². The van der Waals surface area contributed by atoms with Crippen molar-refractivity contribution < 1.29 is 0 Å². The maximum absolute atomic E-state index is 2.62. The molecule has 25 heavy (non-hydrogen) atoms. The first-order valence-corrected chi connectivity index (χ1v) is 11.0. The van der Waals surface area contributed by atoms with Gasteiger partial charge in [-0.1, -0.05) is 75.4 Å². The van der Waals surface area contributed by atoms with Crippen LogP contribution in [0.15, 0.2) is 35.9 Å². The van der Waals surface area contributed by atoms with E-state index in [0.717, 1.165) is 17.8 Å². The molecule has 1 aromatic carbocycles. The third-order valence-corrected chi connectivity index (χ3v) is 6.98. The summed E-state index contributed by atoms with van der Waals surface area (Å²) in [5.41, 5.74) is 4.74. The number of hydrogen-bond acceptors (Lipinski definition) is 0.